The molecule has 1 aromatic heterocycles. The second-order valence-corrected chi connectivity index (χ2v) is 10.1. The Morgan fingerprint density at radius 3 is 2.47 bits per heavy atom. The minimum absolute atomic E-state index is 0.121. The fourth-order valence-electron chi connectivity index (χ4n) is 3.19. The van der Waals surface area contributed by atoms with Crippen LogP contribution in [0.2, 0.25) is 0 Å². The van der Waals surface area contributed by atoms with E-state index in [1.54, 1.807) is 7.11 Å². The number of carbonyl (C=O) groups excluding carboxylic acids is 1. The van der Waals surface area contributed by atoms with Crippen molar-refractivity contribution < 1.29 is 22.3 Å². The number of para-hydroxylation sites is 1. The summed E-state index contributed by atoms with van der Waals surface area (Å²) in [7, 11) is -2.51. The second-order valence-electron chi connectivity index (χ2n) is 7.22. The molecule has 0 atom stereocenters. The number of ether oxygens (including phenoxy) is 1. The number of hydrogen-bond donors (Lipinski definition) is 2. The lowest BCUT2D eigenvalue weighted by Crippen LogP contribution is -2.16. The Morgan fingerprint density at radius 2 is 1.76 bits per heavy atom. The van der Waals surface area contributed by atoms with Crippen LogP contribution in [0.15, 0.2) is 77.7 Å². The van der Waals surface area contributed by atoms with Crippen molar-refractivity contribution >= 4 is 38.1 Å². The zero-order chi connectivity index (χ0) is 24.3. The summed E-state index contributed by atoms with van der Waals surface area (Å²) >= 11 is 1.31. The molecule has 2 N–H and O–H groups in total. The number of aromatic nitrogens is 1. The number of nitrogens with one attached hydrogen (secondary N) is 2. The maximum atomic E-state index is 13.9. The summed E-state index contributed by atoms with van der Waals surface area (Å²) in [4.78, 5) is 18.1. The van der Waals surface area contributed by atoms with Crippen LogP contribution in [0, 0.1) is 12.7 Å². The predicted octanol–water partition coefficient (Wildman–Crippen LogP) is 5.32. The Morgan fingerprint density at radius 1 is 1.03 bits per heavy atom. The molecule has 0 unspecified atom stereocenters. The quantitative estimate of drug-likeness (QED) is 0.360. The van der Waals surface area contributed by atoms with E-state index in [2.05, 4.69) is 15.0 Å². The normalized spacial score (nSPS) is 11.1. The van der Waals surface area contributed by atoms with Crippen LogP contribution in [0.5, 0.6) is 5.75 Å². The van der Waals surface area contributed by atoms with Crippen LogP contribution >= 0.6 is 11.3 Å². The Bertz CT molecular complexity index is 1450. The molecule has 1 amide bonds. The fraction of sp³-hybridized carbons (Fsp3) is 0.0833. The molecule has 3 aromatic carbocycles. The van der Waals surface area contributed by atoms with Crippen LogP contribution in [0.25, 0.3) is 11.3 Å². The molecule has 0 aliphatic heterocycles. The van der Waals surface area contributed by atoms with Crippen LogP contribution in [0.1, 0.15) is 15.2 Å². The number of rotatable bonds is 7. The Balaban J connectivity index is 1.53. The van der Waals surface area contributed by atoms with Gasteiger partial charge in [-0.05, 0) is 61.5 Å². The molecule has 7 nitrogen and oxygen atoms in total. The highest BCUT2D eigenvalue weighted by atomic mass is 32.2. The molecule has 0 spiro atoms. The van der Waals surface area contributed by atoms with E-state index >= 15 is 0 Å². The highest BCUT2D eigenvalue weighted by Crippen LogP contribution is 2.31. The molecule has 1 heterocycles. The molecule has 0 bridgehead atoms. The molecular weight excluding hydrogens is 477 g/mol. The van der Waals surface area contributed by atoms with E-state index < -0.39 is 21.7 Å². The summed E-state index contributed by atoms with van der Waals surface area (Å²) in [6.45, 7) is 1.90. The van der Waals surface area contributed by atoms with Gasteiger partial charge in [-0.1, -0.05) is 18.2 Å². The number of thiazole rings is 1. The lowest BCUT2D eigenvalue weighted by molar-refractivity contribution is 0.102. The van der Waals surface area contributed by atoms with Gasteiger partial charge in [0.1, 0.15) is 11.6 Å². The largest absolute Gasteiger partial charge is 0.497 e. The summed E-state index contributed by atoms with van der Waals surface area (Å²) in [5, 5.41) is 3.10. The number of aryl methyl sites for hydroxylation is 1. The van der Waals surface area contributed by atoms with Crippen LogP contribution in [0.3, 0.4) is 0 Å². The number of amides is 1. The van der Waals surface area contributed by atoms with E-state index in [9.17, 15) is 17.6 Å². The lowest BCUT2D eigenvalue weighted by atomic mass is 10.1. The Labute approximate surface area is 200 Å². The third kappa shape index (κ3) is 5.08. The van der Waals surface area contributed by atoms with Crippen molar-refractivity contribution in [3.05, 3.63) is 89.1 Å². The van der Waals surface area contributed by atoms with Crippen LogP contribution in [-0.4, -0.2) is 26.4 Å². The minimum atomic E-state index is -4.10. The van der Waals surface area contributed by atoms with Gasteiger partial charge in [0.05, 0.1) is 23.4 Å². The van der Waals surface area contributed by atoms with Crippen LogP contribution < -0.4 is 14.8 Å². The maximum Gasteiger partial charge on any atom is 0.262 e. The van der Waals surface area contributed by atoms with Crippen molar-refractivity contribution in [2.45, 2.75) is 11.8 Å². The predicted molar refractivity (Wildman–Crippen MR) is 130 cm³/mol. The zero-order valence-corrected chi connectivity index (χ0v) is 19.8. The van der Waals surface area contributed by atoms with E-state index in [-0.39, 0.29) is 16.1 Å². The molecule has 4 rings (SSSR count). The van der Waals surface area contributed by atoms with Crippen molar-refractivity contribution in [2.24, 2.45) is 0 Å². The minimum Gasteiger partial charge on any atom is -0.497 e. The van der Waals surface area contributed by atoms with Crippen molar-refractivity contribution in [3.63, 3.8) is 0 Å². The van der Waals surface area contributed by atoms with Gasteiger partial charge in [0.15, 0.2) is 5.13 Å². The summed E-state index contributed by atoms with van der Waals surface area (Å²) in [5.74, 6) is -0.491. The van der Waals surface area contributed by atoms with Crippen LogP contribution in [-0.2, 0) is 10.0 Å². The molecule has 0 saturated carbocycles. The number of benzene rings is 3. The molecule has 34 heavy (non-hydrogen) atoms. The smallest absolute Gasteiger partial charge is 0.262 e. The third-order valence-electron chi connectivity index (χ3n) is 4.91. The van der Waals surface area contributed by atoms with Crippen molar-refractivity contribution in [1.29, 1.82) is 0 Å². The van der Waals surface area contributed by atoms with Gasteiger partial charge in [0, 0.05) is 16.0 Å². The number of halogens is 1. The summed E-state index contributed by atoms with van der Waals surface area (Å²) < 4.78 is 46.7. The SMILES string of the molecule is COc1ccc(-c2nc(NC(=O)c3cccc(S(=O)(=O)Nc4ccccc4F)c3)sc2C)cc1. The first-order valence-corrected chi connectivity index (χ1v) is 12.4. The number of methoxy groups -OCH3 is 1. The highest BCUT2D eigenvalue weighted by Gasteiger charge is 2.19. The number of anilines is 2. The number of hydrogen-bond acceptors (Lipinski definition) is 6. The average Bonchev–Trinajstić information content (AvgIpc) is 3.20. The fourth-order valence-corrected chi connectivity index (χ4v) is 5.13. The van der Waals surface area contributed by atoms with Gasteiger partial charge in [0.2, 0.25) is 0 Å². The molecule has 0 aliphatic rings. The molecule has 4 aromatic rings. The second kappa shape index (κ2) is 9.62. The van der Waals surface area contributed by atoms with Crippen molar-refractivity contribution in [2.75, 3.05) is 17.1 Å². The molecular formula is C24H20FN3O4S2. The molecule has 0 aliphatic carbocycles. The maximum absolute atomic E-state index is 13.9. The Hall–Kier alpha value is -3.76. The van der Waals surface area contributed by atoms with E-state index in [0.29, 0.717) is 5.13 Å². The van der Waals surface area contributed by atoms with Gasteiger partial charge in [-0.15, -0.1) is 11.3 Å². The monoisotopic (exact) mass is 497 g/mol. The summed E-state index contributed by atoms with van der Waals surface area (Å²) in [6.07, 6.45) is 0. The first kappa shape index (κ1) is 23.4. The first-order chi connectivity index (χ1) is 16.3. The topological polar surface area (TPSA) is 97.4 Å². The molecule has 0 fully saturated rings. The standard InChI is InChI=1S/C24H20FN3O4S2/c1-15-22(16-10-12-18(32-2)13-11-16)26-24(33-15)27-23(29)17-6-5-7-19(14-17)34(30,31)28-21-9-4-3-8-20(21)25/h3-14,28H,1-2H3,(H,26,27,29). The molecule has 174 valence electrons. The van der Waals surface area contributed by atoms with Crippen molar-refractivity contribution in [1.82, 2.24) is 4.98 Å². The highest BCUT2D eigenvalue weighted by molar-refractivity contribution is 7.92. The Kier molecular flexibility index (Phi) is 6.62. The van der Waals surface area contributed by atoms with Crippen LogP contribution in [0.4, 0.5) is 15.2 Å². The van der Waals surface area contributed by atoms with Gasteiger partial charge < -0.3 is 4.74 Å². The molecule has 0 saturated heterocycles. The molecule has 10 heteroatoms. The number of nitrogens with zero attached hydrogens (tertiary/aromatic N) is 1. The van der Waals surface area contributed by atoms with Gasteiger partial charge in [-0.25, -0.2) is 17.8 Å². The number of carbonyl (C=O) groups is 1. The average molecular weight is 498 g/mol. The zero-order valence-electron chi connectivity index (χ0n) is 18.2. The van der Waals surface area contributed by atoms with E-state index in [0.717, 1.165) is 28.0 Å². The van der Waals surface area contributed by atoms with Gasteiger partial charge in [-0.2, -0.15) is 0 Å². The summed E-state index contributed by atoms with van der Waals surface area (Å²) in [5.41, 5.74) is 1.55. The van der Waals surface area contributed by atoms with Gasteiger partial charge in [-0.3, -0.25) is 14.8 Å². The molecule has 0 radical (unpaired) electrons. The number of sulfonamides is 1. The van der Waals surface area contributed by atoms with E-state index in [1.807, 2.05) is 31.2 Å². The van der Waals surface area contributed by atoms with Crippen molar-refractivity contribution in [3.8, 4) is 17.0 Å². The third-order valence-corrected chi connectivity index (χ3v) is 7.15. The van der Waals surface area contributed by atoms with Gasteiger partial charge in [0.25, 0.3) is 15.9 Å². The summed E-state index contributed by atoms with van der Waals surface area (Å²) in [6, 6.07) is 18.3. The van der Waals surface area contributed by atoms with E-state index in [4.69, 9.17) is 4.74 Å². The van der Waals surface area contributed by atoms with E-state index in [1.165, 1.54) is 53.8 Å². The van der Waals surface area contributed by atoms with Gasteiger partial charge >= 0.3 is 0 Å². The first-order valence-electron chi connectivity index (χ1n) is 10.1. The lowest BCUT2D eigenvalue weighted by Gasteiger charge is -2.10.